The number of hydrogen-bond donors (Lipinski definition) is 1. The Hall–Kier alpha value is -1.09. The van der Waals surface area contributed by atoms with Crippen molar-refractivity contribution in [1.82, 2.24) is 10.3 Å². The first-order valence-electron chi connectivity index (χ1n) is 7.41. The highest BCUT2D eigenvalue weighted by atomic mass is 16.5. The van der Waals surface area contributed by atoms with Gasteiger partial charge >= 0.3 is 0 Å². The number of hydrogen-bond acceptors (Lipinski definition) is 3. The lowest BCUT2D eigenvalue weighted by Gasteiger charge is -2.21. The summed E-state index contributed by atoms with van der Waals surface area (Å²) in [6.45, 7) is 7.79. The van der Waals surface area contributed by atoms with Crippen LogP contribution in [0.25, 0.3) is 0 Å². The minimum Gasteiger partial charge on any atom is -0.481 e. The van der Waals surface area contributed by atoms with Crippen molar-refractivity contribution in [3.8, 4) is 5.88 Å². The second-order valence-electron chi connectivity index (χ2n) is 5.30. The van der Waals surface area contributed by atoms with Gasteiger partial charge in [-0.3, -0.25) is 0 Å². The molecular formula is C16H28N2O. The van der Waals surface area contributed by atoms with Crippen molar-refractivity contribution in [1.29, 1.82) is 0 Å². The van der Waals surface area contributed by atoms with Crippen LogP contribution < -0.4 is 10.1 Å². The number of methoxy groups -OCH3 is 1. The maximum Gasteiger partial charge on any atom is 0.212 e. The standard InChI is InChI=1S/C16H28N2O/c1-5-7-13(3)10-15(17-6-2)11-14-8-9-16(19-4)18-12-14/h8-9,12-13,15,17H,5-7,10-11H2,1-4H3. The molecule has 1 heterocycles. The Balaban J connectivity index is 2.55. The first-order chi connectivity index (χ1) is 9.19. The average molecular weight is 264 g/mol. The molecule has 0 aromatic carbocycles. The highest BCUT2D eigenvalue weighted by Gasteiger charge is 2.13. The molecule has 2 unspecified atom stereocenters. The van der Waals surface area contributed by atoms with E-state index in [9.17, 15) is 0 Å². The lowest BCUT2D eigenvalue weighted by molar-refractivity contribution is 0.383. The summed E-state index contributed by atoms with van der Waals surface area (Å²) in [6.07, 6.45) is 6.77. The van der Waals surface area contributed by atoms with Crippen LogP contribution in [-0.4, -0.2) is 24.7 Å². The summed E-state index contributed by atoms with van der Waals surface area (Å²) in [5, 5.41) is 3.59. The van der Waals surface area contributed by atoms with Gasteiger partial charge in [0, 0.05) is 18.3 Å². The zero-order valence-electron chi connectivity index (χ0n) is 12.8. The molecule has 19 heavy (non-hydrogen) atoms. The maximum absolute atomic E-state index is 5.09. The van der Waals surface area contributed by atoms with Crippen LogP contribution in [0.1, 0.15) is 45.6 Å². The number of likely N-dealkylation sites (N-methyl/N-ethyl adjacent to an activating group) is 1. The molecule has 2 atom stereocenters. The van der Waals surface area contributed by atoms with Gasteiger partial charge in [-0.25, -0.2) is 4.98 Å². The predicted molar refractivity (Wildman–Crippen MR) is 80.6 cm³/mol. The molecule has 0 fully saturated rings. The van der Waals surface area contributed by atoms with Crippen LogP contribution >= 0.6 is 0 Å². The molecule has 1 N–H and O–H groups in total. The Morgan fingerprint density at radius 2 is 2.11 bits per heavy atom. The Labute approximate surface area is 117 Å². The normalized spacial score (nSPS) is 14.1. The first-order valence-corrected chi connectivity index (χ1v) is 7.41. The van der Waals surface area contributed by atoms with E-state index < -0.39 is 0 Å². The van der Waals surface area contributed by atoms with Gasteiger partial charge in [0.25, 0.3) is 0 Å². The van der Waals surface area contributed by atoms with E-state index in [0.717, 1.165) is 18.9 Å². The van der Waals surface area contributed by atoms with Crippen LogP contribution in [0.4, 0.5) is 0 Å². The molecule has 3 heteroatoms. The topological polar surface area (TPSA) is 34.1 Å². The molecule has 0 aliphatic rings. The number of ether oxygens (including phenoxy) is 1. The number of nitrogens with zero attached hydrogens (tertiary/aromatic N) is 1. The Morgan fingerprint density at radius 1 is 1.32 bits per heavy atom. The molecule has 1 aromatic rings. The second-order valence-corrected chi connectivity index (χ2v) is 5.30. The van der Waals surface area contributed by atoms with Crippen molar-refractivity contribution in [2.45, 2.75) is 52.5 Å². The van der Waals surface area contributed by atoms with Gasteiger partial charge in [0.05, 0.1) is 7.11 Å². The molecule has 0 spiro atoms. The lowest BCUT2D eigenvalue weighted by Crippen LogP contribution is -2.32. The number of rotatable bonds is 9. The van der Waals surface area contributed by atoms with Crippen molar-refractivity contribution in [2.24, 2.45) is 5.92 Å². The van der Waals surface area contributed by atoms with Gasteiger partial charge in [-0.2, -0.15) is 0 Å². The number of pyridine rings is 1. The van der Waals surface area contributed by atoms with Crippen molar-refractivity contribution in [3.63, 3.8) is 0 Å². The van der Waals surface area contributed by atoms with E-state index in [1.165, 1.54) is 24.8 Å². The van der Waals surface area contributed by atoms with Gasteiger partial charge in [0.1, 0.15) is 0 Å². The smallest absolute Gasteiger partial charge is 0.212 e. The van der Waals surface area contributed by atoms with E-state index in [0.29, 0.717) is 11.9 Å². The fourth-order valence-electron chi connectivity index (χ4n) is 2.56. The Morgan fingerprint density at radius 3 is 2.63 bits per heavy atom. The van der Waals surface area contributed by atoms with Crippen LogP contribution in [-0.2, 0) is 6.42 Å². The molecule has 0 radical (unpaired) electrons. The quantitative estimate of drug-likeness (QED) is 0.742. The van der Waals surface area contributed by atoms with Crippen LogP contribution in [0, 0.1) is 5.92 Å². The molecule has 0 aliphatic carbocycles. The molecule has 0 saturated heterocycles. The number of aromatic nitrogens is 1. The van der Waals surface area contributed by atoms with Crippen molar-refractivity contribution in [3.05, 3.63) is 23.9 Å². The minimum absolute atomic E-state index is 0.543. The van der Waals surface area contributed by atoms with Crippen molar-refractivity contribution >= 4 is 0 Å². The van der Waals surface area contributed by atoms with E-state index in [-0.39, 0.29) is 0 Å². The van der Waals surface area contributed by atoms with Crippen LogP contribution in [0.15, 0.2) is 18.3 Å². The van der Waals surface area contributed by atoms with Crippen LogP contribution in [0.3, 0.4) is 0 Å². The average Bonchev–Trinajstić information content (AvgIpc) is 2.40. The largest absolute Gasteiger partial charge is 0.481 e. The minimum atomic E-state index is 0.543. The maximum atomic E-state index is 5.09. The zero-order chi connectivity index (χ0) is 14.1. The molecule has 108 valence electrons. The molecule has 0 bridgehead atoms. The summed E-state index contributed by atoms with van der Waals surface area (Å²) >= 11 is 0. The molecule has 3 nitrogen and oxygen atoms in total. The Kier molecular flexibility index (Phi) is 7.49. The monoisotopic (exact) mass is 264 g/mol. The van der Waals surface area contributed by atoms with E-state index in [2.05, 4.69) is 37.1 Å². The van der Waals surface area contributed by atoms with E-state index >= 15 is 0 Å². The van der Waals surface area contributed by atoms with Gasteiger partial charge < -0.3 is 10.1 Å². The summed E-state index contributed by atoms with van der Waals surface area (Å²) in [4.78, 5) is 4.28. The molecule has 1 rings (SSSR count). The van der Waals surface area contributed by atoms with Gasteiger partial charge in [-0.15, -0.1) is 0 Å². The fraction of sp³-hybridized carbons (Fsp3) is 0.688. The molecule has 0 saturated carbocycles. The summed E-state index contributed by atoms with van der Waals surface area (Å²) in [5.41, 5.74) is 1.27. The molecule has 0 aliphatic heterocycles. The highest BCUT2D eigenvalue weighted by Crippen LogP contribution is 2.16. The van der Waals surface area contributed by atoms with E-state index in [1.54, 1.807) is 7.11 Å². The van der Waals surface area contributed by atoms with Crippen LogP contribution in [0.5, 0.6) is 5.88 Å². The van der Waals surface area contributed by atoms with E-state index in [4.69, 9.17) is 4.74 Å². The SMILES string of the molecule is CCCC(C)CC(Cc1ccc(OC)nc1)NCC. The fourth-order valence-corrected chi connectivity index (χ4v) is 2.56. The molecule has 0 amide bonds. The summed E-state index contributed by atoms with van der Waals surface area (Å²) < 4.78 is 5.09. The van der Waals surface area contributed by atoms with Crippen molar-refractivity contribution < 1.29 is 4.74 Å². The van der Waals surface area contributed by atoms with Crippen LogP contribution in [0.2, 0.25) is 0 Å². The zero-order valence-corrected chi connectivity index (χ0v) is 12.8. The number of nitrogens with one attached hydrogen (secondary N) is 1. The third-order valence-electron chi connectivity index (χ3n) is 3.45. The van der Waals surface area contributed by atoms with Crippen molar-refractivity contribution in [2.75, 3.05) is 13.7 Å². The molecule has 1 aromatic heterocycles. The highest BCUT2D eigenvalue weighted by molar-refractivity contribution is 5.18. The van der Waals surface area contributed by atoms with Gasteiger partial charge in [-0.1, -0.05) is 39.7 Å². The lowest BCUT2D eigenvalue weighted by atomic mass is 9.94. The summed E-state index contributed by atoms with van der Waals surface area (Å²) in [7, 11) is 1.65. The second kappa shape index (κ2) is 8.92. The van der Waals surface area contributed by atoms with Gasteiger partial charge in [0.2, 0.25) is 5.88 Å². The summed E-state index contributed by atoms with van der Waals surface area (Å²) in [6, 6.07) is 4.59. The Bertz CT molecular complexity index is 337. The predicted octanol–water partition coefficient (Wildman–Crippen LogP) is 3.44. The third kappa shape index (κ3) is 6.06. The third-order valence-corrected chi connectivity index (χ3v) is 3.45. The molecular weight excluding hydrogens is 236 g/mol. The summed E-state index contributed by atoms with van der Waals surface area (Å²) in [5.74, 6) is 1.46. The van der Waals surface area contributed by atoms with E-state index in [1.807, 2.05) is 12.3 Å². The van der Waals surface area contributed by atoms with Gasteiger partial charge in [0.15, 0.2) is 0 Å². The first kappa shape index (κ1) is 16.0. The van der Waals surface area contributed by atoms with Gasteiger partial charge in [-0.05, 0) is 30.9 Å².